The number of carboxylic acids is 1. The number of pyridine rings is 1. The molecule has 5 heteroatoms. The molecule has 17 heavy (non-hydrogen) atoms. The van der Waals surface area contributed by atoms with Crippen LogP contribution in [0.1, 0.15) is 5.56 Å². The van der Waals surface area contributed by atoms with Crippen LogP contribution < -0.4 is 5.73 Å². The average Bonchev–Trinajstić information content (AvgIpc) is 2.29. The van der Waals surface area contributed by atoms with E-state index in [0.717, 1.165) is 10.9 Å². The molecule has 3 N–H and O–H groups in total. The Hall–Kier alpha value is -1.65. The molecule has 0 aliphatic rings. The van der Waals surface area contributed by atoms with Gasteiger partial charge in [-0.15, -0.1) is 0 Å². The molecule has 0 fully saturated rings. The highest BCUT2D eigenvalue weighted by Gasteiger charge is 2.15. The molecule has 2 rings (SSSR count). The van der Waals surface area contributed by atoms with Gasteiger partial charge in [-0.25, -0.2) is 4.98 Å². The molecule has 1 aromatic heterocycles. The fourth-order valence-corrected chi connectivity index (χ4v) is 1.83. The molecule has 0 radical (unpaired) electrons. The summed E-state index contributed by atoms with van der Waals surface area (Å²) in [4.78, 5) is 14.9. The number of carboxylic acid groups (broad SMARTS) is 1. The molecule has 2 aromatic rings. The summed E-state index contributed by atoms with van der Waals surface area (Å²) in [6, 6.07) is 8.37. The molecular weight excluding hydrogens is 240 g/mol. The van der Waals surface area contributed by atoms with E-state index < -0.39 is 12.0 Å². The first-order valence-electron chi connectivity index (χ1n) is 5.10. The molecular formula is C12H11ClN2O2. The number of nitrogens with two attached hydrogens (primary N) is 1. The van der Waals surface area contributed by atoms with Gasteiger partial charge in [0.05, 0.1) is 5.52 Å². The molecule has 0 saturated carbocycles. The number of aromatic nitrogens is 1. The minimum Gasteiger partial charge on any atom is -0.480 e. The first-order chi connectivity index (χ1) is 8.08. The molecule has 0 saturated heterocycles. The zero-order chi connectivity index (χ0) is 12.4. The first kappa shape index (κ1) is 11.8. The molecule has 0 spiro atoms. The van der Waals surface area contributed by atoms with Crippen molar-refractivity contribution >= 4 is 28.5 Å². The van der Waals surface area contributed by atoms with Gasteiger partial charge in [-0.1, -0.05) is 29.8 Å². The van der Waals surface area contributed by atoms with Gasteiger partial charge in [0, 0.05) is 11.8 Å². The van der Waals surface area contributed by atoms with Crippen LogP contribution in [0.5, 0.6) is 0 Å². The van der Waals surface area contributed by atoms with Gasteiger partial charge in [0.1, 0.15) is 11.2 Å². The number of fused-ring (bicyclic) bond motifs is 1. The number of hydrogen-bond donors (Lipinski definition) is 2. The summed E-state index contributed by atoms with van der Waals surface area (Å²) in [5.74, 6) is -1.05. The summed E-state index contributed by atoms with van der Waals surface area (Å²) in [5, 5.41) is 9.99. The van der Waals surface area contributed by atoms with E-state index in [9.17, 15) is 4.79 Å². The smallest absolute Gasteiger partial charge is 0.320 e. The Morgan fingerprint density at radius 1 is 1.47 bits per heavy atom. The number of halogens is 1. The average molecular weight is 251 g/mol. The van der Waals surface area contributed by atoms with E-state index in [2.05, 4.69) is 4.98 Å². The Labute approximate surface area is 103 Å². The molecule has 0 aliphatic carbocycles. The molecule has 88 valence electrons. The second-order valence-corrected chi connectivity index (χ2v) is 4.14. The van der Waals surface area contributed by atoms with E-state index in [4.69, 9.17) is 22.4 Å². The number of benzene rings is 1. The van der Waals surface area contributed by atoms with Gasteiger partial charge in [-0.2, -0.15) is 0 Å². The van der Waals surface area contributed by atoms with E-state index in [1.165, 1.54) is 0 Å². The first-order valence-corrected chi connectivity index (χ1v) is 5.48. The SMILES string of the molecule is NC(Cc1cc2ccccc2nc1Cl)C(=O)O. The van der Waals surface area contributed by atoms with Crippen molar-refractivity contribution in [1.29, 1.82) is 0 Å². The van der Waals surface area contributed by atoms with E-state index in [1.54, 1.807) is 0 Å². The van der Waals surface area contributed by atoms with Crippen LogP contribution in [0.25, 0.3) is 10.9 Å². The predicted molar refractivity (Wildman–Crippen MR) is 66.1 cm³/mol. The molecule has 1 atom stereocenters. The van der Waals surface area contributed by atoms with Crippen molar-refractivity contribution in [2.45, 2.75) is 12.5 Å². The highest BCUT2D eigenvalue weighted by molar-refractivity contribution is 6.30. The number of rotatable bonds is 3. The monoisotopic (exact) mass is 250 g/mol. The number of hydrogen-bond acceptors (Lipinski definition) is 3. The van der Waals surface area contributed by atoms with Crippen LogP contribution in [-0.2, 0) is 11.2 Å². The maximum absolute atomic E-state index is 10.7. The van der Waals surface area contributed by atoms with Gasteiger partial charge < -0.3 is 10.8 Å². The van der Waals surface area contributed by atoms with E-state index in [-0.39, 0.29) is 6.42 Å². The summed E-state index contributed by atoms with van der Waals surface area (Å²) in [7, 11) is 0. The Morgan fingerprint density at radius 2 is 2.18 bits per heavy atom. The quantitative estimate of drug-likeness (QED) is 0.815. The van der Waals surface area contributed by atoms with Gasteiger partial charge in [0.2, 0.25) is 0 Å². The maximum Gasteiger partial charge on any atom is 0.320 e. The predicted octanol–water partition coefficient (Wildman–Crippen LogP) is 1.84. The zero-order valence-corrected chi connectivity index (χ0v) is 9.69. The second kappa shape index (κ2) is 4.69. The lowest BCUT2D eigenvalue weighted by Gasteiger charge is -2.09. The fourth-order valence-electron chi connectivity index (χ4n) is 1.60. The number of nitrogens with zero attached hydrogens (tertiary/aromatic N) is 1. The van der Waals surface area contributed by atoms with Crippen LogP contribution in [0.2, 0.25) is 5.15 Å². The number of para-hydroxylation sites is 1. The molecule has 0 bridgehead atoms. The summed E-state index contributed by atoms with van der Waals surface area (Å²) in [5.41, 5.74) is 6.91. The molecule has 1 unspecified atom stereocenters. The van der Waals surface area contributed by atoms with Crippen molar-refractivity contribution in [2.24, 2.45) is 5.73 Å². The summed E-state index contributed by atoms with van der Waals surface area (Å²) in [6.45, 7) is 0. The Morgan fingerprint density at radius 3 is 2.88 bits per heavy atom. The van der Waals surface area contributed by atoms with E-state index in [0.29, 0.717) is 10.7 Å². The van der Waals surface area contributed by atoms with Crippen LogP contribution in [0, 0.1) is 0 Å². The highest BCUT2D eigenvalue weighted by atomic mass is 35.5. The Bertz CT molecular complexity index is 571. The zero-order valence-electron chi connectivity index (χ0n) is 8.93. The van der Waals surface area contributed by atoms with Crippen molar-refractivity contribution in [3.8, 4) is 0 Å². The normalized spacial score (nSPS) is 12.6. The lowest BCUT2D eigenvalue weighted by Crippen LogP contribution is -2.32. The molecule has 1 heterocycles. The van der Waals surface area contributed by atoms with Gasteiger partial charge in [-0.3, -0.25) is 4.79 Å². The van der Waals surface area contributed by atoms with Crippen molar-refractivity contribution in [1.82, 2.24) is 4.98 Å². The van der Waals surface area contributed by atoms with Crippen molar-refractivity contribution in [3.63, 3.8) is 0 Å². The number of carbonyl (C=O) groups is 1. The topological polar surface area (TPSA) is 76.2 Å². The van der Waals surface area contributed by atoms with Crippen LogP contribution in [-0.4, -0.2) is 22.1 Å². The minimum atomic E-state index is -1.05. The van der Waals surface area contributed by atoms with Crippen LogP contribution in [0.3, 0.4) is 0 Å². The second-order valence-electron chi connectivity index (χ2n) is 3.78. The van der Waals surface area contributed by atoms with Gasteiger partial charge in [0.15, 0.2) is 0 Å². The summed E-state index contributed by atoms with van der Waals surface area (Å²) in [6.07, 6.45) is 0.173. The fraction of sp³-hybridized carbons (Fsp3) is 0.167. The third kappa shape index (κ3) is 2.54. The maximum atomic E-state index is 10.7. The molecule has 1 aromatic carbocycles. The lowest BCUT2D eigenvalue weighted by molar-refractivity contribution is -0.138. The largest absolute Gasteiger partial charge is 0.480 e. The van der Waals surface area contributed by atoms with Crippen LogP contribution in [0.15, 0.2) is 30.3 Å². The highest BCUT2D eigenvalue weighted by Crippen LogP contribution is 2.21. The number of aliphatic carboxylic acids is 1. The summed E-state index contributed by atoms with van der Waals surface area (Å²) < 4.78 is 0. The van der Waals surface area contributed by atoms with Gasteiger partial charge in [-0.05, 0) is 17.7 Å². The molecule has 0 aliphatic heterocycles. The van der Waals surface area contributed by atoms with Crippen molar-refractivity contribution in [3.05, 3.63) is 41.0 Å². The minimum absolute atomic E-state index is 0.173. The van der Waals surface area contributed by atoms with E-state index >= 15 is 0 Å². The third-order valence-corrected chi connectivity index (χ3v) is 2.83. The standard InChI is InChI=1S/C12H11ClN2O2/c13-11-8(6-9(14)12(16)17)5-7-3-1-2-4-10(7)15-11/h1-5,9H,6,14H2,(H,16,17). The van der Waals surface area contributed by atoms with Crippen LogP contribution >= 0.6 is 11.6 Å². The van der Waals surface area contributed by atoms with Crippen molar-refractivity contribution < 1.29 is 9.90 Å². The van der Waals surface area contributed by atoms with Gasteiger partial charge in [0.25, 0.3) is 0 Å². The van der Waals surface area contributed by atoms with Crippen molar-refractivity contribution in [2.75, 3.05) is 0 Å². The van der Waals surface area contributed by atoms with E-state index in [1.807, 2.05) is 30.3 Å². The summed E-state index contributed by atoms with van der Waals surface area (Å²) >= 11 is 5.99. The lowest BCUT2D eigenvalue weighted by atomic mass is 10.1. The Kier molecular flexibility index (Phi) is 3.26. The van der Waals surface area contributed by atoms with Crippen LogP contribution in [0.4, 0.5) is 0 Å². The molecule has 0 amide bonds. The van der Waals surface area contributed by atoms with Gasteiger partial charge >= 0.3 is 5.97 Å². The molecule has 4 nitrogen and oxygen atoms in total. The Balaban J connectivity index is 2.40. The third-order valence-electron chi connectivity index (χ3n) is 2.51.